The van der Waals surface area contributed by atoms with Gasteiger partial charge in [-0.25, -0.2) is 0 Å². The Kier molecular flexibility index (Phi) is 9.07. The summed E-state index contributed by atoms with van der Waals surface area (Å²) in [5.74, 6) is -0.928. The molecule has 8 nitrogen and oxygen atoms in total. The first-order valence-electron chi connectivity index (χ1n) is 14.4. The van der Waals surface area contributed by atoms with Crippen LogP contribution in [0.25, 0.3) is 11.1 Å². The number of aliphatic carboxylic acids is 1. The number of nitrogen functional groups attached to an aromatic ring is 1. The number of carbonyl (C=O) groups is 1. The monoisotopic (exact) mass is 615 g/mol. The summed E-state index contributed by atoms with van der Waals surface area (Å²) in [5, 5.41) is 12.5. The molecule has 1 spiro atoms. The van der Waals surface area contributed by atoms with Gasteiger partial charge in [0.25, 0.3) is 0 Å². The minimum Gasteiger partial charge on any atom is -0.480 e. The molecule has 2 aliphatic rings. The van der Waals surface area contributed by atoms with Gasteiger partial charge in [-0.3, -0.25) is 4.79 Å². The van der Waals surface area contributed by atoms with E-state index in [9.17, 15) is 23.1 Å². The van der Waals surface area contributed by atoms with E-state index >= 15 is 0 Å². The fourth-order valence-corrected chi connectivity index (χ4v) is 6.54. The Hall–Kier alpha value is -3.51. The molecule has 2 aromatic carbocycles. The van der Waals surface area contributed by atoms with Crippen molar-refractivity contribution in [2.45, 2.75) is 62.2 Å². The molecule has 5 rings (SSSR count). The summed E-state index contributed by atoms with van der Waals surface area (Å²) in [5.41, 5.74) is 7.91. The van der Waals surface area contributed by atoms with Crippen molar-refractivity contribution in [1.82, 2.24) is 15.3 Å². The smallest absolute Gasteiger partial charge is 0.429 e. The van der Waals surface area contributed by atoms with Gasteiger partial charge in [0.2, 0.25) is 17.9 Å². The fourth-order valence-electron chi connectivity index (χ4n) is 6.08. The topological polar surface area (TPSA) is 114 Å². The van der Waals surface area contributed by atoms with Gasteiger partial charge < -0.3 is 25.8 Å². The van der Waals surface area contributed by atoms with Crippen molar-refractivity contribution in [2.75, 3.05) is 36.5 Å². The standard InChI is InChI=1S/C31H36F3N5O3S/c1-3-5-19-8-9-22(23(14-19)20-6-4-7-21(15-20)43-2)27(31(32,33)34)42-26-16-25(37-29(35)38-26)39-12-10-30(11-13-39)17-24(28(40)41)36-18-30/h4,6-9,14-16,24,27,36H,3,5,10-13,17-18H2,1-2H3,(H,40,41)(H2,35,37,38)/t24-,27+/m0/s1. The van der Waals surface area contributed by atoms with Gasteiger partial charge in [0.1, 0.15) is 11.9 Å². The summed E-state index contributed by atoms with van der Waals surface area (Å²) in [7, 11) is 0. The first-order chi connectivity index (χ1) is 20.5. The number of anilines is 2. The van der Waals surface area contributed by atoms with Crippen LogP contribution in [0.2, 0.25) is 0 Å². The molecule has 0 saturated carbocycles. The Morgan fingerprint density at radius 3 is 2.63 bits per heavy atom. The SMILES string of the molecule is CCCc1ccc([C@@H](Oc2cc(N3CCC4(CC3)CN[C@H](C(=O)O)C4)nc(N)n2)C(F)(F)F)c(-c2cccc(SC)c2)c1. The molecule has 2 aliphatic heterocycles. The number of aromatic nitrogens is 2. The molecule has 0 amide bonds. The zero-order chi connectivity index (χ0) is 30.8. The Labute approximate surface area is 253 Å². The summed E-state index contributed by atoms with van der Waals surface area (Å²) in [4.78, 5) is 22.6. The molecule has 2 saturated heterocycles. The molecule has 1 aromatic heterocycles. The molecular weight excluding hydrogens is 579 g/mol. The number of hydrogen-bond acceptors (Lipinski definition) is 8. The molecule has 0 unspecified atom stereocenters. The third-order valence-electron chi connectivity index (χ3n) is 8.37. The number of rotatable bonds is 9. The predicted molar refractivity (Wildman–Crippen MR) is 161 cm³/mol. The fraction of sp³-hybridized carbons (Fsp3) is 0.452. The molecule has 3 aromatic rings. The Morgan fingerprint density at radius 2 is 1.98 bits per heavy atom. The van der Waals surface area contributed by atoms with E-state index in [1.165, 1.54) is 23.9 Å². The number of halogens is 3. The molecule has 2 fully saturated rings. The number of ether oxygens (including phenoxy) is 1. The van der Waals surface area contributed by atoms with Crippen molar-refractivity contribution in [1.29, 1.82) is 0 Å². The quantitative estimate of drug-likeness (QED) is 0.245. The highest BCUT2D eigenvalue weighted by atomic mass is 32.2. The Bertz CT molecular complexity index is 1460. The molecule has 0 radical (unpaired) electrons. The van der Waals surface area contributed by atoms with Crippen molar-refractivity contribution in [2.24, 2.45) is 5.41 Å². The van der Waals surface area contributed by atoms with Crippen LogP contribution in [-0.2, 0) is 11.2 Å². The van der Waals surface area contributed by atoms with E-state index in [4.69, 9.17) is 10.5 Å². The zero-order valence-electron chi connectivity index (χ0n) is 24.2. The molecule has 0 aliphatic carbocycles. The second-order valence-electron chi connectivity index (χ2n) is 11.3. The number of nitrogens with two attached hydrogens (primary N) is 1. The Morgan fingerprint density at radius 1 is 1.21 bits per heavy atom. The molecule has 230 valence electrons. The first-order valence-corrected chi connectivity index (χ1v) is 15.6. The summed E-state index contributed by atoms with van der Waals surface area (Å²) in [6.45, 7) is 3.76. The van der Waals surface area contributed by atoms with Crippen LogP contribution in [-0.4, -0.2) is 59.2 Å². The van der Waals surface area contributed by atoms with Crippen molar-refractivity contribution < 1.29 is 27.8 Å². The number of nitrogens with zero attached hydrogens (tertiary/aromatic N) is 3. The predicted octanol–water partition coefficient (Wildman–Crippen LogP) is 6.12. The number of alkyl halides is 3. The van der Waals surface area contributed by atoms with Gasteiger partial charge in [-0.1, -0.05) is 43.7 Å². The second-order valence-corrected chi connectivity index (χ2v) is 12.2. The molecule has 4 N–H and O–H groups in total. The van der Waals surface area contributed by atoms with E-state index in [1.807, 2.05) is 48.4 Å². The van der Waals surface area contributed by atoms with Crippen LogP contribution >= 0.6 is 11.8 Å². The van der Waals surface area contributed by atoms with Crippen LogP contribution in [0.1, 0.15) is 49.8 Å². The molecule has 2 atom stereocenters. The maximum atomic E-state index is 14.7. The highest BCUT2D eigenvalue weighted by Crippen LogP contribution is 2.43. The van der Waals surface area contributed by atoms with E-state index in [-0.39, 0.29) is 22.8 Å². The van der Waals surface area contributed by atoms with Crippen molar-refractivity contribution in [3.63, 3.8) is 0 Å². The first kappa shape index (κ1) is 30.9. The highest BCUT2D eigenvalue weighted by molar-refractivity contribution is 7.98. The van der Waals surface area contributed by atoms with Crippen molar-refractivity contribution in [3.05, 3.63) is 59.7 Å². The van der Waals surface area contributed by atoms with Crippen LogP contribution in [0.5, 0.6) is 5.88 Å². The van der Waals surface area contributed by atoms with Gasteiger partial charge in [-0.15, -0.1) is 11.8 Å². The van der Waals surface area contributed by atoms with E-state index < -0.39 is 24.3 Å². The number of thioether (sulfide) groups is 1. The van der Waals surface area contributed by atoms with Crippen LogP contribution in [0, 0.1) is 5.41 Å². The highest BCUT2D eigenvalue weighted by Gasteiger charge is 2.46. The van der Waals surface area contributed by atoms with Gasteiger partial charge >= 0.3 is 12.1 Å². The molecule has 3 heterocycles. The van der Waals surface area contributed by atoms with Crippen molar-refractivity contribution >= 4 is 29.5 Å². The number of aryl methyl sites for hydroxylation is 1. The van der Waals surface area contributed by atoms with Gasteiger partial charge in [-0.05, 0) is 66.2 Å². The molecular formula is C31H36F3N5O3S. The van der Waals surface area contributed by atoms with Gasteiger partial charge in [0, 0.05) is 36.2 Å². The molecule has 0 bridgehead atoms. The van der Waals surface area contributed by atoms with E-state index in [2.05, 4.69) is 15.3 Å². The third kappa shape index (κ3) is 7.01. The van der Waals surface area contributed by atoms with Crippen LogP contribution in [0.15, 0.2) is 53.4 Å². The normalized spacial score (nSPS) is 19.0. The van der Waals surface area contributed by atoms with Crippen molar-refractivity contribution in [3.8, 4) is 17.0 Å². The van der Waals surface area contributed by atoms with Gasteiger partial charge in [0.15, 0.2) is 0 Å². The average Bonchev–Trinajstić information content (AvgIpc) is 3.39. The van der Waals surface area contributed by atoms with Gasteiger partial charge in [-0.2, -0.15) is 23.1 Å². The Balaban J connectivity index is 1.44. The summed E-state index contributed by atoms with van der Waals surface area (Å²) in [6, 6.07) is 13.3. The number of carboxylic acids is 1. The lowest BCUT2D eigenvalue weighted by Crippen LogP contribution is -2.41. The van der Waals surface area contributed by atoms with Crippen LogP contribution in [0.4, 0.5) is 24.9 Å². The van der Waals surface area contributed by atoms with E-state index in [1.54, 1.807) is 6.07 Å². The molecule has 43 heavy (non-hydrogen) atoms. The number of nitrogens with one attached hydrogen (secondary N) is 1. The minimum absolute atomic E-state index is 0.00836. The number of piperidine rings is 1. The summed E-state index contributed by atoms with van der Waals surface area (Å²) < 4.78 is 49.9. The summed E-state index contributed by atoms with van der Waals surface area (Å²) >= 11 is 1.52. The van der Waals surface area contributed by atoms with E-state index in [0.29, 0.717) is 43.0 Å². The van der Waals surface area contributed by atoms with Crippen LogP contribution in [0.3, 0.4) is 0 Å². The lowest BCUT2D eigenvalue weighted by Gasteiger charge is -2.39. The minimum atomic E-state index is -4.74. The average molecular weight is 616 g/mol. The number of benzene rings is 2. The largest absolute Gasteiger partial charge is 0.480 e. The number of hydrogen-bond donors (Lipinski definition) is 3. The maximum Gasteiger partial charge on any atom is 0.429 e. The van der Waals surface area contributed by atoms with E-state index in [0.717, 1.165) is 36.1 Å². The number of carboxylic acid groups (broad SMARTS) is 1. The lowest BCUT2D eigenvalue weighted by molar-refractivity contribution is -0.198. The second kappa shape index (κ2) is 12.6. The maximum absolute atomic E-state index is 14.7. The zero-order valence-corrected chi connectivity index (χ0v) is 25.0. The summed E-state index contributed by atoms with van der Waals surface area (Å²) in [6.07, 6.45) is -1.53. The third-order valence-corrected chi connectivity index (χ3v) is 9.09. The lowest BCUT2D eigenvalue weighted by atomic mass is 9.76. The van der Waals surface area contributed by atoms with Gasteiger partial charge in [0.05, 0.1) is 0 Å². The molecule has 12 heteroatoms. The van der Waals surface area contributed by atoms with Crippen LogP contribution < -0.4 is 20.7 Å².